The smallest absolute Gasteiger partial charge is 0.350 e. The largest absolute Gasteiger partial charge is 0.480 e. The number of hydrogen-bond donors (Lipinski definition) is 2. The van der Waals surface area contributed by atoms with Gasteiger partial charge in [0.2, 0.25) is 0 Å². The highest BCUT2D eigenvalue weighted by Crippen LogP contribution is 2.36. The number of carbonyl (C=O) groups is 2. The number of carboxylic acids is 1. The Bertz CT molecular complexity index is 904. The highest BCUT2D eigenvalue weighted by atomic mass is 32.1. The second-order valence-electron chi connectivity index (χ2n) is 5.57. The summed E-state index contributed by atoms with van der Waals surface area (Å²) in [5, 5.41) is 12.9. The lowest BCUT2D eigenvalue weighted by molar-refractivity contribution is -0.137. The quantitative estimate of drug-likeness (QED) is 0.650. The van der Waals surface area contributed by atoms with Gasteiger partial charge in [0, 0.05) is 10.1 Å². The van der Waals surface area contributed by atoms with Gasteiger partial charge in [0.1, 0.15) is 17.5 Å². The Kier molecular flexibility index (Phi) is 5.00. The minimum Gasteiger partial charge on any atom is -0.480 e. The lowest BCUT2D eigenvalue weighted by atomic mass is 10.2. The van der Waals surface area contributed by atoms with E-state index in [2.05, 4.69) is 5.32 Å². The molecule has 0 aliphatic carbocycles. The highest BCUT2D eigenvalue weighted by Gasteiger charge is 2.22. The van der Waals surface area contributed by atoms with E-state index in [1.807, 2.05) is 54.6 Å². The van der Waals surface area contributed by atoms with Crippen molar-refractivity contribution >= 4 is 39.0 Å². The predicted octanol–water partition coefficient (Wildman–Crippen LogP) is 4.14. The number of benzene rings is 2. The van der Waals surface area contributed by atoms with E-state index in [9.17, 15) is 9.59 Å². The van der Waals surface area contributed by atoms with E-state index >= 15 is 0 Å². The molecular weight excluding hydrogens is 338 g/mol. The van der Waals surface area contributed by atoms with Crippen LogP contribution < -0.4 is 5.32 Å². The molecule has 6 heteroatoms. The molecule has 0 fully saturated rings. The van der Waals surface area contributed by atoms with E-state index in [-0.39, 0.29) is 6.61 Å². The van der Waals surface area contributed by atoms with Crippen LogP contribution in [0.25, 0.3) is 10.1 Å². The molecule has 0 unspecified atom stereocenters. The second-order valence-corrected chi connectivity index (χ2v) is 6.62. The summed E-state index contributed by atoms with van der Waals surface area (Å²) in [5.74, 6) is -1.45. The van der Waals surface area contributed by atoms with Gasteiger partial charge in [0.05, 0.1) is 5.69 Å². The van der Waals surface area contributed by atoms with Crippen molar-refractivity contribution in [2.24, 2.45) is 0 Å². The van der Waals surface area contributed by atoms with Gasteiger partial charge in [-0.05, 0) is 18.6 Å². The third kappa shape index (κ3) is 3.80. The molecule has 0 saturated carbocycles. The van der Waals surface area contributed by atoms with Gasteiger partial charge in [-0.1, -0.05) is 48.5 Å². The Labute approximate surface area is 148 Å². The van der Waals surface area contributed by atoms with Crippen LogP contribution in [0.5, 0.6) is 0 Å². The van der Waals surface area contributed by atoms with Crippen molar-refractivity contribution in [2.45, 2.75) is 19.6 Å². The van der Waals surface area contributed by atoms with Gasteiger partial charge in [-0.2, -0.15) is 0 Å². The molecule has 128 valence electrons. The van der Waals surface area contributed by atoms with Crippen molar-refractivity contribution < 1.29 is 19.4 Å². The Balaban J connectivity index is 1.88. The average molecular weight is 355 g/mol. The normalized spacial score (nSPS) is 11.9. The minimum absolute atomic E-state index is 0.168. The SMILES string of the molecule is C[C@H](Nc1c(C(=O)OCc2ccccc2)sc2ccccc12)C(=O)O. The zero-order valence-corrected chi connectivity index (χ0v) is 14.4. The van der Waals surface area contributed by atoms with Crippen LogP contribution in [0.4, 0.5) is 5.69 Å². The number of nitrogens with one attached hydrogen (secondary N) is 1. The Hall–Kier alpha value is -2.86. The summed E-state index contributed by atoms with van der Waals surface area (Å²) in [5.41, 5.74) is 1.40. The van der Waals surface area contributed by atoms with Crippen LogP contribution in [-0.2, 0) is 16.1 Å². The van der Waals surface area contributed by atoms with Gasteiger partial charge in [-0.15, -0.1) is 11.3 Å². The highest BCUT2D eigenvalue weighted by molar-refractivity contribution is 7.21. The molecule has 5 nitrogen and oxygen atoms in total. The number of esters is 1. The summed E-state index contributed by atoms with van der Waals surface area (Å²) in [6.45, 7) is 1.70. The number of aliphatic carboxylic acids is 1. The topological polar surface area (TPSA) is 75.6 Å². The molecule has 2 aromatic carbocycles. The fourth-order valence-corrected chi connectivity index (χ4v) is 3.46. The van der Waals surface area contributed by atoms with Crippen molar-refractivity contribution in [1.29, 1.82) is 0 Å². The predicted molar refractivity (Wildman–Crippen MR) is 98.1 cm³/mol. The third-order valence-corrected chi connectivity index (χ3v) is 4.88. The number of carboxylic acid groups (broad SMARTS) is 1. The maximum absolute atomic E-state index is 12.6. The van der Waals surface area contributed by atoms with Gasteiger partial charge in [0.15, 0.2) is 0 Å². The number of hydrogen-bond acceptors (Lipinski definition) is 5. The molecule has 3 aromatic rings. The van der Waals surface area contributed by atoms with Gasteiger partial charge >= 0.3 is 11.9 Å². The number of anilines is 1. The van der Waals surface area contributed by atoms with Crippen LogP contribution in [0.3, 0.4) is 0 Å². The lowest BCUT2D eigenvalue weighted by Gasteiger charge is -2.12. The zero-order chi connectivity index (χ0) is 17.8. The summed E-state index contributed by atoms with van der Waals surface area (Å²) in [6, 6.07) is 16.1. The lowest BCUT2D eigenvalue weighted by Crippen LogP contribution is -2.26. The van der Waals surface area contributed by atoms with Crippen molar-refractivity contribution in [2.75, 3.05) is 5.32 Å². The fourth-order valence-electron chi connectivity index (χ4n) is 2.40. The standard InChI is InChI=1S/C19H17NO4S/c1-12(18(21)22)20-16-14-9-5-6-10-15(14)25-17(16)19(23)24-11-13-7-3-2-4-8-13/h2-10,12,20H,11H2,1H3,(H,21,22)/t12-/m0/s1. The van der Waals surface area contributed by atoms with E-state index in [1.165, 1.54) is 18.3 Å². The van der Waals surface area contributed by atoms with Crippen LogP contribution in [-0.4, -0.2) is 23.1 Å². The van der Waals surface area contributed by atoms with Crippen LogP contribution in [0.15, 0.2) is 54.6 Å². The van der Waals surface area contributed by atoms with E-state index < -0.39 is 18.0 Å². The van der Waals surface area contributed by atoms with Crippen LogP contribution in [0.1, 0.15) is 22.2 Å². The van der Waals surface area contributed by atoms with Crippen LogP contribution >= 0.6 is 11.3 Å². The fraction of sp³-hybridized carbons (Fsp3) is 0.158. The molecule has 3 rings (SSSR count). The molecule has 0 amide bonds. The first kappa shape index (κ1) is 17.0. The summed E-state index contributed by atoms with van der Waals surface area (Å²) in [7, 11) is 0. The summed E-state index contributed by atoms with van der Waals surface area (Å²) < 4.78 is 6.31. The molecule has 1 aromatic heterocycles. The zero-order valence-electron chi connectivity index (χ0n) is 13.6. The monoisotopic (exact) mass is 355 g/mol. The molecule has 1 atom stereocenters. The first-order chi connectivity index (χ1) is 12.1. The molecule has 2 N–H and O–H groups in total. The molecule has 25 heavy (non-hydrogen) atoms. The molecule has 1 heterocycles. The first-order valence-electron chi connectivity index (χ1n) is 7.78. The summed E-state index contributed by atoms with van der Waals surface area (Å²) >= 11 is 1.29. The van der Waals surface area contributed by atoms with Gasteiger partial charge in [0.25, 0.3) is 0 Å². The van der Waals surface area contributed by atoms with Crippen molar-refractivity contribution in [3.63, 3.8) is 0 Å². The molecule has 0 radical (unpaired) electrons. The number of fused-ring (bicyclic) bond motifs is 1. The van der Waals surface area contributed by atoms with Gasteiger partial charge in [-0.25, -0.2) is 4.79 Å². The Morgan fingerprint density at radius 1 is 1.12 bits per heavy atom. The van der Waals surface area contributed by atoms with Crippen LogP contribution in [0, 0.1) is 0 Å². The van der Waals surface area contributed by atoms with Gasteiger partial charge in [-0.3, -0.25) is 4.79 Å². The molecule has 0 aliphatic heterocycles. The average Bonchev–Trinajstić information content (AvgIpc) is 2.99. The first-order valence-corrected chi connectivity index (χ1v) is 8.60. The Morgan fingerprint density at radius 2 is 1.80 bits per heavy atom. The Morgan fingerprint density at radius 3 is 2.52 bits per heavy atom. The van der Waals surface area contributed by atoms with E-state index in [4.69, 9.17) is 9.84 Å². The number of thiophene rings is 1. The van der Waals surface area contributed by atoms with Gasteiger partial charge < -0.3 is 15.2 Å². The maximum Gasteiger partial charge on any atom is 0.350 e. The molecule has 0 spiro atoms. The van der Waals surface area contributed by atoms with E-state index in [1.54, 1.807) is 0 Å². The minimum atomic E-state index is -0.987. The summed E-state index contributed by atoms with van der Waals surface area (Å²) in [6.07, 6.45) is 0. The molecular formula is C19H17NO4S. The third-order valence-electron chi connectivity index (χ3n) is 3.72. The van der Waals surface area contributed by atoms with Crippen molar-refractivity contribution in [3.8, 4) is 0 Å². The van der Waals surface area contributed by atoms with Crippen molar-refractivity contribution in [3.05, 3.63) is 65.0 Å². The van der Waals surface area contributed by atoms with E-state index in [0.29, 0.717) is 10.6 Å². The van der Waals surface area contributed by atoms with Crippen LogP contribution in [0.2, 0.25) is 0 Å². The molecule has 0 aliphatic rings. The van der Waals surface area contributed by atoms with E-state index in [0.717, 1.165) is 15.6 Å². The number of rotatable bonds is 6. The number of ether oxygens (including phenoxy) is 1. The number of carbonyl (C=O) groups excluding carboxylic acids is 1. The summed E-state index contributed by atoms with van der Waals surface area (Å²) in [4.78, 5) is 24.1. The molecule has 0 bridgehead atoms. The van der Waals surface area contributed by atoms with Crippen molar-refractivity contribution in [1.82, 2.24) is 0 Å². The second kappa shape index (κ2) is 7.36. The molecule has 0 saturated heterocycles. The maximum atomic E-state index is 12.6.